The van der Waals surface area contributed by atoms with Gasteiger partial charge in [0.2, 0.25) is 0 Å². The molecule has 0 saturated heterocycles. The van der Waals surface area contributed by atoms with E-state index in [0.29, 0.717) is 11.1 Å². The lowest BCUT2D eigenvalue weighted by molar-refractivity contribution is 0.506. The topological polar surface area (TPSA) is 0 Å². The van der Waals surface area contributed by atoms with E-state index in [-0.39, 0.29) is 11.7 Å². The maximum Gasteiger partial charge on any atom is 0.159 e. The Morgan fingerprint density at radius 1 is 0.708 bits per heavy atom. The Morgan fingerprint density at radius 2 is 1.38 bits per heavy atom. The highest BCUT2D eigenvalue weighted by Crippen LogP contribution is 2.29. The van der Waals surface area contributed by atoms with Gasteiger partial charge in [0, 0.05) is 15.1 Å². The Balaban J connectivity index is 1.89. The molecule has 24 heavy (non-hydrogen) atoms. The van der Waals surface area contributed by atoms with Gasteiger partial charge in [-0.3, -0.25) is 0 Å². The van der Waals surface area contributed by atoms with Crippen molar-refractivity contribution >= 4 is 22.6 Å². The van der Waals surface area contributed by atoms with Gasteiger partial charge in [-0.25, -0.2) is 13.2 Å². The molecule has 3 aromatic rings. The van der Waals surface area contributed by atoms with Gasteiger partial charge in [-0.2, -0.15) is 0 Å². The summed E-state index contributed by atoms with van der Waals surface area (Å²) in [5, 5.41) is 0. The van der Waals surface area contributed by atoms with Crippen molar-refractivity contribution in [3.63, 3.8) is 0 Å². The molecule has 3 aromatic carbocycles. The lowest BCUT2D eigenvalue weighted by Crippen LogP contribution is -1.98. The van der Waals surface area contributed by atoms with E-state index in [1.807, 2.05) is 37.3 Å². The third kappa shape index (κ3) is 3.48. The minimum Gasteiger partial charge on any atom is -0.206 e. The number of benzene rings is 3. The Hall–Kier alpha value is -1.82. The van der Waals surface area contributed by atoms with Crippen molar-refractivity contribution in [1.29, 1.82) is 0 Å². The molecule has 0 radical (unpaired) electrons. The normalized spacial score (nSPS) is 12.2. The Morgan fingerprint density at radius 3 is 2.00 bits per heavy atom. The molecule has 0 aliphatic carbocycles. The molecule has 0 saturated carbocycles. The van der Waals surface area contributed by atoms with Gasteiger partial charge in [0.05, 0.1) is 0 Å². The van der Waals surface area contributed by atoms with Crippen molar-refractivity contribution in [2.45, 2.75) is 12.8 Å². The van der Waals surface area contributed by atoms with Crippen LogP contribution in [-0.4, -0.2) is 0 Å². The van der Waals surface area contributed by atoms with Crippen LogP contribution < -0.4 is 0 Å². The predicted octanol–water partition coefficient (Wildman–Crippen LogP) is 6.53. The summed E-state index contributed by atoms with van der Waals surface area (Å²) in [5.41, 5.74) is 2.98. The summed E-state index contributed by atoms with van der Waals surface area (Å²) >= 11 is 2.07. The number of rotatable bonds is 3. The van der Waals surface area contributed by atoms with Crippen LogP contribution in [0.25, 0.3) is 11.1 Å². The van der Waals surface area contributed by atoms with Gasteiger partial charge in [0.15, 0.2) is 11.6 Å². The first kappa shape index (κ1) is 17.0. The molecule has 0 aliphatic heterocycles. The number of hydrogen-bond acceptors (Lipinski definition) is 0. The molecule has 1 unspecified atom stereocenters. The van der Waals surface area contributed by atoms with Crippen LogP contribution in [0.1, 0.15) is 24.0 Å². The second kappa shape index (κ2) is 6.97. The van der Waals surface area contributed by atoms with Crippen molar-refractivity contribution in [2.24, 2.45) is 0 Å². The molecule has 0 bridgehead atoms. The van der Waals surface area contributed by atoms with Gasteiger partial charge in [0.1, 0.15) is 5.82 Å². The molecule has 0 amide bonds. The van der Waals surface area contributed by atoms with Gasteiger partial charge >= 0.3 is 0 Å². The summed E-state index contributed by atoms with van der Waals surface area (Å²) < 4.78 is 41.4. The average molecular weight is 438 g/mol. The lowest BCUT2D eigenvalue weighted by atomic mass is 9.91. The predicted molar refractivity (Wildman–Crippen MR) is 98.4 cm³/mol. The molecule has 3 rings (SSSR count). The summed E-state index contributed by atoms with van der Waals surface area (Å²) in [6.45, 7) is 1.92. The van der Waals surface area contributed by atoms with Crippen LogP contribution in [0, 0.1) is 21.0 Å². The van der Waals surface area contributed by atoms with E-state index < -0.39 is 11.6 Å². The summed E-state index contributed by atoms with van der Waals surface area (Å²) in [6, 6.07) is 16.5. The number of hydrogen-bond donors (Lipinski definition) is 0. The third-order valence-corrected chi connectivity index (χ3v) is 4.77. The summed E-state index contributed by atoms with van der Waals surface area (Å²) in [5.74, 6) is -2.05. The molecule has 0 aliphatic rings. The first-order chi connectivity index (χ1) is 11.5. The minimum absolute atomic E-state index is 0.0873. The molecule has 0 aromatic heterocycles. The zero-order valence-corrected chi connectivity index (χ0v) is 15.0. The Labute approximate surface area is 152 Å². The van der Waals surface area contributed by atoms with Gasteiger partial charge in [-0.05, 0) is 63.5 Å². The van der Waals surface area contributed by atoms with Crippen molar-refractivity contribution in [1.82, 2.24) is 0 Å². The molecule has 4 heteroatoms. The largest absolute Gasteiger partial charge is 0.206 e. The van der Waals surface area contributed by atoms with E-state index in [2.05, 4.69) is 22.6 Å². The molecule has 0 N–H and O–H groups in total. The van der Waals surface area contributed by atoms with E-state index >= 15 is 0 Å². The SMILES string of the molecule is CC(c1ccc(-c2ccc(I)cc2F)cc1)c1ccc(F)c(F)c1. The molecule has 0 fully saturated rings. The van der Waals surface area contributed by atoms with Crippen LogP contribution in [0.2, 0.25) is 0 Å². The fraction of sp³-hybridized carbons (Fsp3) is 0.100. The van der Waals surface area contributed by atoms with Crippen LogP contribution in [0.4, 0.5) is 13.2 Å². The quantitative estimate of drug-likeness (QED) is 0.408. The highest BCUT2D eigenvalue weighted by molar-refractivity contribution is 14.1. The zero-order valence-electron chi connectivity index (χ0n) is 12.9. The van der Waals surface area contributed by atoms with E-state index in [9.17, 15) is 13.2 Å². The standard InChI is InChI=1S/C20H14F3I/c1-12(15-6-9-18(21)20(23)10-15)13-2-4-14(5-3-13)17-8-7-16(24)11-19(17)22/h2-12H,1H3. The lowest BCUT2D eigenvalue weighted by Gasteiger charge is -2.14. The van der Waals surface area contributed by atoms with E-state index in [1.165, 1.54) is 12.1 Å². The van der Waals surface area contributed by atoms with Crippen LogP contribution in [-0.2, 0) is 0 Å². The first-order valence-corrected chi connectivity index (χ1v) is 8.54. The van der Waals surface area contributed by atoms with E-state index in [1.54, 1.807) is 12.1 Å². The van der Waals surface area contributed by atoms with Gasteiger partial charge in [-0.15, -0.1) is 0 Å². The van der Waals surface area contributed by atoms with Crippen LogP contribution in [0.15, 0.2) is 60.7 Å². The maximum atomic E-state index is 14.1. The molecular formula is C20H14F3I. The maximum absolute atomic E-state index is 14.1. The molecule has 0 heterocycles. The molecular weight excluding hydrogens is 424 g/mol. The van der Waals surface area contributed by atoms with Crippen molar-refractivity contribution in [2.75, 3.05) is 0 Å². The number of halogens is 4. The molecule has 122 valence electrons. The second-order valence-corrected chi connectivity index (χ2v) is 6.89. The summed E-state index contributed by atoms with van der Waals surface area (Å²) in [6.07, 6.45) is 0. The van der Waals surface area contributed by atoms with Crippen molar-refractivity contribution < 1.29 is 13.2 Å². The van der Waals surface area contributed by atoms with Crippen LogP contribution in [0.5, 0.6) is 0 Å². The smallest absolute Gasteiger partial charge is 0.159 e. The third-order valence-electron chi connectivity index (χ3n) is 4.10. The zero-order chi connectivity index (χ0) is 17.3. The van der Waals surface area contributed by atoms with Gasteiger partial charge in [-0.1, -0.05) is 43.3 Å². The fourth-order valence-corrected chi connectivity index (χ4v) is 3.10. The fourth-order valence-electron chi connectivity index (χ4n) is 2.65. The average Bonchev–Trinajstić information content (AvgIpc) is 2.57. The van der Waals surface area contributed by atoms with Crippen LogP contribution in [0.3, 0.4) is 0 Å². The van der Waals surface area contributed by atoms with Crippen LogP contribution >= 0.6 is 22.6 Å². The molecule has 0 nitrogen and oxygen atoms in total. The van der Waals surface area contributed by atoms with Crippen molar-refractivity contribution in [3.05, 3.63) is 92.8 Å². The monoisotopic (exact) mass is 438 g/mol. The molecule has 0 spiro atoms. The van der Waals surface area contributed by atoms with Gasteiger partial charge < -0.3 is 0 Å². The van der Waals surface area contributed by atoms with Crippen molar-refractivity contribution in [3.8, 4) is 11.1 Å². The first-order valence-electron chi connectivity index (χ1n) is 7.46. The molecule has 1 atom stereocenters. The van der Waals surface area contributed by atoms with Gasteiger partial charge in [0.25, 0.3) is 0 Å². The summed E-state index contributed by atoms with van der Waals surface area (Å²) in [4.78, 5) is 0. The second-order valence-electron chi connectivity index (χ2n) is 5.64. The minimum atomic E-state index is -0.851. The highest BCUT2D eigenvalue weighted by atomic mass is 127. The van der Waals surface area contributed by atoms with E-state index in [4.69, 9.17) is 0 Å². The Kier molecular flexibility index (Phi) is 4.94. The Bertz CT molecular complexity index is 873. The highest BCUT2D eigenvalue weighted by Gasteiger charge is 2.12. The van der Waals surface area contributed by atoms with E-state index in [0.717, 1.165) is 20.8 Å². The summed E-state index contributed by atoms with van der Waals surface area (Å²) in [7, 11) is 0.